The molecular weight excluding hydrogens is 292 g/mol. The number of hydrogen-bond donors (Lipinski definition) is 0. The molecule has 0 saturated carbocycles. The van der Waals surface area contributed by atoms with Crippen LogP contribution < -0.4 is 0 Å². The Hall–Kier alpha value is -1.43. The molecule has 3 aliphatic heterocycles. The number of likely N-dealkylation sites (N-methyl/N-ethyl adjacent to an activating group) is 1. The first kappa shape index (κ1) is 15.1. The molecule has 5 heteroatoms. The van der Waals surface area contributed by atoms with Crippen molar-refractivity contribution in [2.24, 2.45) is 0 Å². The third-order valence-electron chi connectivity index (χ3n) is 5.23. The zero-order chi connectivity index (χ0) is 16.0. The van der Waals surface area contributed by atoms with Crippen LogP contribution in [0.2, 0.25) is 0 Å². The topological polar surface area (TPSA) is 42.0 Å². The molecule has 0 bridgehead atoms. The number of benzene rings is 1. The summed E-state index contributed by atoms with van der Waals surface area (Å²) in [6.07, 6.45) is 0.853. The lowest BCUT2D eigenvalue weighted by Gasteiger charge is -2.45. The van der Waals surface area contributed by atoms with Crippen LogP contribution in [0.3, 0.4) is 0 Å². The highest BCUT2D eigenvalue weighted by molar-refractivity contribution is 5.92. The Morgan fingerprint density at radius 2 is 2.09 bits per heavy atom. The first-order valence-corrected chi connectivity index (χ1v) is 8.48. The van der Waals surface area contributed by atoms with E-state index in [4.69, 9.17) is 9.47 Å². The van der Waals surface area contributed by atoms with Crippen molar-refractivity contribution in [3.63, 3.8) is 0 Å². The molecule has 0 amide bonds. The number of piperazine rings is 1. The minimum Gasteiger partial charge on any atom is -0.459 e. The molecule has 0 radical (unpaired) electrons. The molecular formula is C18H24N2O3. The number of carbonyl (C=O) groups is 1. The summed E-state index contributed by atoms with van der Waals surface area (Å²) in [4.78, 5) is 16.9. The minimum absolute atomic E-state index is 0.0421. The number of morpholine rings is 1. The SMILES string of the molecule is CC1Cc2cc(C3CN4CCN(C)CC4CO3)ccc2C(=O)O1. The lowest BCUT2D eigenvalue weighted by Crippen LogP contribution is -2.57. The third kappa shape index (κ3) is 2.89. The van der Waals surface area contributed by atoms with Crippen molar-refractivity contribution in [2.45, 2.75) is 31.6 Å². The van der Waals surface area contributed by atoms with Crippen LogP contribution in [-0.2, 0) is 15.9 Å². The van der Waals surface area contributed by atoms with E-state index in [1.807, 2.05) is 19.1 Å². The van der Waals surface area contributed by atoms with Gasteiger partial charge in [0.1, 0.15) is 6.10 Å². The second kappa shape index (κ2) is 5.89. The molecule has 2 fully saturated rings. The van der Waals surface area contributed by atoms with E-state index >= 15 is 0 Å². The number of ether oxygens (including phenoxy) is 2. The second-order valence-electron chi connectivity index (χ2n) is 7.07. The Balaban J connectivity index is 1.53. The van der Waals surface area contributed by atoms with E-state index < -0.39 is 0 Å². The predicted molar refractivity (Wildman–Crippen MR) is 86.6 cm³/mol. The van der Waals surface area contributed by atoms with E-state index in [9.17, 15) is 4.79 Å². The summed E-state index contributed by atoms with van der Waals surface area (Å²) in [5.74, 6) is -0.200. The highest BCUT2D eigenvalue weighted by Gasteiger charge is 2.33. The maximum absolute atomic E-state index is 11.9. The first-order valence-electron chi connectivity index (χ1n) is 8.48. The van der Waals surface area contributed by atoms with Gasteiger partial charge in [-0.2, -0.15) is 0 Å². The molecule has 4 rings (SSSR count). The van der Waals surface area contributed by atoms with Gasteiger partial charge >= 0.3 is 5.97 Å². The van der Waals surface area contributed by atoms with Crippen LogP contribution in [0, 0.1) is 0 Å². The van der Waals surface area contributed by atoms with Gasteiger partial charge in [-0.25, -0.2) is 4.79 Å². The molecule has 2 saturated heterocycles. The lowest BCUT2D eigenvalue weighted by molar-refractivity contribution is -0.0873. The van der Waals surface area contributed by atoms with Gasteiger partial charge in [0.25, 0.3) is 0 Å². The largest absolute Gasteiger partial charge is 0.459 e. The van der Waals surface area contributed by atoms with Gasteiger partial charge in [0, 0.05) is 38.6 Å². The van der Waals surface area contributed by atoms with Gasteiger partial charge < -0.3 is 14.4 Å². The van der Waals surface area contributed by atoms with Crippen LogP contribution in [0.1, 0.15) is 34.5 Å². The predicted octanol–water partition coefficient (Wildman–Crippen LogP) is 1.48. The Labute approximate surface area is 137 Å². The zero-order valence-electron chi connectivity index (χ0n) is 13.8. The Bertz CT molecular complexity index is 618. The van der Waals surface area contributed by atoms with Crippen LogP contribution in [0.5, 0.6) is 0 Å². The number of cyclic esters (lactones) is 1. The highest BCUT2D eigenvalue weighted by atomic mass is 16.5. The smallest absolute Gasteiger partial charge is 0.338 e. The van der Waals surface area contributed by atoms with Crippen molar-refractivity contribution in [2.75, 3.05) is 39.8 Å². The normalized spacial score (nSPS) is 32.1. The van der Waals surface area contributed by atoms with Crippen molar-refractivity contribution in [1.82, 2.24) is 9.80 Å². The monoisotopic (exact) mass is 316 g/mol. The number of fused-ring (bicyclic) bond motifs is 2. The summed E-state index contributed by atoms with van der Waals surface area (Å²) in [5, 5.41) is 0. The molecule has 0 aliphatic carbocycles. The van der Waals surface area contributed by atoms with E-state index in [0.29, 0.717) is 11.6 Å². The van der Waals surface area contributed by atoms with Crippen molar-refractivity contribution in [3.8, 4) is 0 Å². The average molecular weight is 316 g/mol. The van der Waals surface area contributed by atoms with Crippen LogP contribution in [0.4, 0.5) is 0 Å². The molecule has 1 aromatic rings. The van der Waals surface area contributed by atoms with Gasteiger partial charge in [-0.1, -0.05) is 12.1 Å². The van der Waals surface area contributed by atoms with Crippen molar-refractivity contribution < 1.29 is 14.3 Å². The van der Waals surface area contributed by atoms with Gasteiger partial charge in [-0.3, -0.25) is 4.90 Å². The Morgan fingerprint density at radius 3 is 2.96 bits per heavy atom. The maximum Gasteiger partial charge on any atom is 0.338 e. The van der Waals surface area contributed by atoms with Gasteiger partial charge in [0.2, 0.25) is 0 Å². The van der Waals surface area contributed by atoms with E-state index in [2.05, 4.69) is 22.9 Å². The van der Waals surface area contributed by atoms with Crippen LogP contribution in [0.25, 0.3) is 0 Å². The summed E-state index contributed by atoms with van der Waals surface area (Å²) < 4.78 is 11.4. The fourth-order valence-corrected chi connectivity index (χ4v) is 3.92. The molecule has 3 aliphatic rings. The number of esters is 1. The standard InChI is InChI=1S/C18H24N2O3/c1-12-7-14-8-13(3-4-16(14)18(21)23-12)17-10-20-6-5-19(2)9-15(20)11-22-17/h3-4,8,12,15,17H,5-7,9-11H2,1-2H3. The first-order chi connectivity index (χ1) is 11.1. The van der Waals surface area contributed by atoms with Crippen molar-refractivity contribution in [1.29, 1.82) is 0 Å². The van der Waals surface area contributed by atoms with E-state index in [-0.39, 0.29) is 18.2 Å². The molecule has 5 nitrogen and oxygen atoms in total. The number of carbonyl (C=O) groups excluding carboxylic acids is 1. The molecule has 3 heterocycles. The van der Waals surface area contributed by atoms with Crippen LogP contribution in [-0.4, -0.2) is 67.7 Å². The molecule has 1 aromatic carbocycles. The van der Waals surface area contributed by atoms with Crippen molar-refractivity contribution in [3.05, 3.63) is 34.9 Å². The summed E-state index contributed by atoms with van der Waals surface area (Å²) >= 11 is 0. The Kier molecular flexibility index (Phi) is 3.87. The number of nitrogens with zero attached hydrogens (tertiary/aromatic N) is 2. The average Bonchev–Trinajstić information content (AvgIpc) is 2.53. The van der Waals surface area contributed by atoms with Gasteiger partial charge in [-0.15, -0.1) is 0 Å². The van der Waals surface area contributed by atoms with E-state index in [0.717, 1.165) is 44.8 Å². The van der Waals surface area contributed by atoms with Gasteiger partial charge in [0.05, 0.1) is 18.3 Å². The molecule has 3 unspecified atom stereocenters. The lowest BCUT2D eigenvalue weighted by atomic mass is 9.94. The quantitative estimate of drug-likeness (QED) is 0.734. The summed E-state index contributed by atoms with van der Waals surface area (Å²) in [7, 11) is 2.17. The molecule has 0 aromatic heterocycles. The third-order valence-corrected chi connectivity index (χ3v) is 5.23. The summed E-state index contributed by atoms with van der Waals surface area (Å²) in [6, 6.07) is 6.58. The molecule has 3 atom stereocenters. The Morgan fingerprint density at radius 1 is 1.22 bits per heavy atom. The minimum atomic E-state index is -0.200. The second-order valence-corrected chi connectivity index (χ2v) is 7.07. The maximum atomic E-state index is 11.9. The number of hydrogen-bond acceptors (Lipinski definition) is 5. The fraction of sp³-hybridized carbons (Fsp3) is 0.611. The van der Waals surface area contributed by atoms with Gasteiger partial charge in [-0.05, 0) is 31.2 Å². The van der Waals surface area contributed by atoms with Crippen LogP contribution >= 0.6 is 0 Å². The fourth-order valence-electron chi connectivity index (χ4n) is 3.92. The summed E-state index contributed by atoms with van der Waals surface area (Å²) in [5.41, 5.74) is 2.98. The van der Waals surface area contributed by atoms with E-state index in [1.54, 1.807) is 0 Å². The zero-order valence-corrected chi connectivity index (χ0v) is 13.8. The molecule has 0 N–H and O–H groups in total. The van der Waals surface area contributed by atoms with E-state index in [1.165, 1.54) is 5.56 Å². The van der Waals surface area contributed by atoms with Gasteiger partial charge in [0.15, 0.2) is 0 Å². The van der Waals surface area contributed by atoms with Crippen molar-refractivity contribution >= 4 is 5.97 Å². The molecule has 124 valence electrons. The molecule has 0 spiro atoms. The number of rotatable bonds is 1. The molecule has 23 heavy (non-hydrogen) atoms. The highest BCUT2D eigenvalue weighted by Crippen LogP contribution is 2.30. The van der Waals surface area contributed by atoms with Crippen LogP contribution in [0.15, 0.2) is 18.2 Å². The summed E-state index contributed by atoms with van der Waals surface area (Å²) in [6.45, 7) is 6.98.